The minimum absolute atomic E-state index is 0.222. The third kappa shape index (κ3) is 5.16. The summed E-state index contributed by atoms with van der Waals surface area (Å²) < 4.78 is 28.7. The van der Waals surface area contributed by atoms with Crippen LogP contribution >= 0.6 is 0 Å². The van der Waals surface area contributed by atoms with Crippen molar-refractivity contribution in [2.45, 2.75) is 20.4 Å². The SMILES string of the molecule is COc1cccc(C=CC(=O)OCC(=O)c2cc(C)n(Cc3ccc4c(c3)OCO4)c2C)c1OC. The second-order valence-corrected chi connectivity index (χ2v) is 8.01. The van der Waals surface area contributed by atoms with Crippen LogP contribution in [0.3, 0.4) is 0 Å². The van der Waals surface area contributed by atoms with Gasteiger partial charge in [-0.3, -0.25) is 4.79 Å². The number of Topliss-reactive ketones (excluding diaryl/α,β-unsaturated/α-hetero) is 1. The van der Waals surface area contributed by atoms with Gasteiger partial charge in [-0.1, -0.05) is 18.2 Å². The van der Waals surface area contributed by atoms with Crippen LogP contribution < -0.4 is 18.9 Å². The Morgan fingerprint density at radius 2 is 1.83 bits per heavy atom. The molecule has 0 atom stereocenters. The maximum Gasteiger partial charge on any atom is 0.331 e. The Balaban J connectivity index is 1.40. The molecule has 0 radical (unpaired) electrons. The van der Waals surface area contributed by atoms with Gasteiger partial charge in [0, 0.05) is 35.1 Å². The van der Waals surface area contributed by atoms with Crippen LogP contribution in [0.2, 0.25) is 0 Å². The standard InChI is InChI=1S/C27H27NO7/c1-17-12-21(18(2)28(17)14-19-8-10-23-25(13-19)35-16-34-23)22(29)15-33-26(30)11-9-20-6-5-7-24(31-3)27(20)32-4/h5-13H,14-16H2,1-4H3. The van der Waals surface area contributed by atoms with Crippen LogP contribution in [0.5, 0.6) is 23.0 Å². The summed E-state index contributed by atoms with van der Waals surface area (Å²) in [4.78, 5) is 25.0. The molecule has 2 heterocycles. The van der Waals surface area contributed by atoms with Gasteiger partial charge in [0.05, 0.1) is 14.2 Å². The van der Waals surface area contributed by atoms with Gasteiger partial charge in [-0.05, 0) is 49.8 Å². The van der Waals surface area contributed by atoms with Crippen molar-refractivity contribution in [1.29, 1.82) is 0 Å². The highest BCUT2D eigenvalue weighted by Crippen LogP contribution is 2.33. The maximum atomic E-state index is 12.8. The molecule has 0 bridgehead atoms. The Hall–Kier alpha value is -4.20. The highest BCUT2D eigenvalue weighted by Gasteiger charge is 2.19. The fraction of sp³-hybridized carbons (Fsp3) is 0.259. The number of rotatable bonds is 9. The normalized spacial score (nSPS) is 12.1. The van der Waals surface area contributed by atoms with E-state index in [1.807, 2.05) is 42.7 Å². The summed E-state index contributed by atoms with van der Waals surface area (Å²) in [6.45, 7) is 4.26. The zero-order chi connectivity index (χ0) is 24.9. The molecule has 0 aliphatic carbocycles. The summed E-state index contributed by atoms with van der Waals surface area (Å²) in [6, 6.07) is 12.9. The number of aromatic nitrogens is 1. The fourth-order valence-corrected chi connectivity index (χ4v) is 4.01. The topological polar surface area (TPSA) is 85.2 Å². The van der Waals surface area contributed by atoms with Gasteiger partial charge in [-0.25, -0.2) is 4.79 Å². The van der Waals surface area contributed by atoms with Crippen molar-refractivity contribution in [2.75, 3.05) is 27.6 Å². The molecule has 182 valence electrons. The van der Waals surface area contributed by atoms with E-state index >= 15 is 0 Å². The number of ketones is 1. The zero-order valence-electron chi connectivity index (χ0n) is 20.1. The molecule has 0 fully saturated rings. The van der Waals surface area contributed by atoms with Gasteiger partial charge in [-0.15, -0.1) is 0 Å². The van der Waals surface area contributed by atoms with Crippen LogP contribution in [-0.2, 0) is 16.1 Å². The van der Waals surface area contributed by atoms with Crippen molar-refractivity contribution in [1.82, 2.24) is 4.57 Å². The van der Waals surface area contributed by atoms with Crippen LogP contribution in [0.1, 0.15) is 32.9 Å². The molecular formula is C27H27NO7. The molecule has 0 unspecified atom stereocenters. The Labute approximate surface area is 203 Å². The molecule has 8 nitrogen and oxygen atoms in total. The van der Waals surface area contributed by atoms with E-state index in [0.29, 0.717) is 34.9 Å². The Bertz CT molecular complexity index is 1290. The van der Waals surface area contributed by atoms with E-state index < -0.39 is 5.97 Å². The second kappa shape index (κ2) is 10.4. The minimum Gasteiger partial charge on any atom is -0.493 e. The number of carbonyl (C=O) groups is 2. The lowest BCUT2D eigenvalue weighted by Crippen LogP contribution is -2.14. The average Bonchev–Trinajstić information content (AvgIpc) is 3.45. The maximum absolute atomic E-state index is 12.8. The third-order valence-corrected chi connectivity index (χ3v) is 5.83. The molecule has 0 saturated heterocycles. The molecule has 0 N–H and O–H groups in total. The van der Waals surface area contributed by atoms with Gasteiger partial charge in [0.2, 0.25) is 12.6 Å². The quantitative estimate of drug-likeness (QED) is 0.257. The van der Waals surface area contributed by atoms with E-state index in [0.717, 1.165) is 22.7 Å². The molecule has 3 aromatic rings. The summed E-state index contributed by atoms with van der Waals surface area (Å²) >= 11 is 0. The van der Waals surface area contributed by atoms with E-state index in [1.165, 1.54) is 20.3 Å². The molecule has 2 aromatic carbocycles. The van der Waals surface area contributed by atoms with Gasteiger partial charge in [0.15, 0.2) is 29.6 Å². The molecule has 0 amide bonds. The van der Waals surface area contributed by atoms with E-state index in [-0.39, 0.29) is 19.2 Å². The summed E-state index contributed by atoms with van der Waals surface area (Å²) in [5, 5.41) is 0. The van der Waals surface area contributed by atoms with Crippen molar-refractivity contribution in [3.8, 4) is 23.0 Å². The van der Waals surface area contributed by atoms with Crippen LogP contribution in [0.15, 0.2) is 48.5 Å². The molecule has 1 aliphatic heterocycles. The van der Waals surface area contributed by atoms with E-state index in [4.69, 9.17) is 23.7 Å². The summed E-state index contributed by atoms with van der Waals surface area (Å²) in [6.07, 6.45) is 2.82. The summed E-state index contributed by atoms with van der Waals surface area (Å²) in [5.74, 6) is 1.60. The first-order chi connectivity index (χ1) is 16.9. The van der Waals surface area contributed by atoms with E-state index in [1.54, 1.807) is 24.3 Å². The van der Waals surface area contributed by atoms with Gasteiger partial charge in [0.25, 0.3) is 0 Å². The number of esters is 1. The molecule has 1 aliphatic rings. The first-order valence-corrected chi connectivity index (χ1v) is 11.1. The molecule has 8 heteroatoms. The molecular weight excluding hydrogens is 450 g/mol. The summed E-state index contributed by atoms with van der Waals surface area (Å²) in [7, 11) is 3.06. The van der Waals surface area contributed by atoms with Gasteiger partial charge in [0.1, 0.15) is 0 Å². The van der Waals surface area contributed by atoms with Crippen molar-refractivity contribution in [3.05, 3.63) is 76.6 Å². The fourth-order valence-electron chi connectivity index (χ4n) is 4.01. The molecule has 0 saturated carbocycles. The number of hydrogen-bond acceptors (Lipinski definition) is 7. The smallest absolute Gasteiger partial charge is 0.331 e. The predicted octanol–water partition coefficient (Wildman–Crippen LogP) is 4.34. The Morgan fingerprint density at radius 3 is 2.60 bits per heavy atom. The molecule has 0 spiro atoms. The van der Waals surface area contributed by atoms with Crippen molar-refractivity contribution < 1.29 is 33.3 Å². The lowest BCUT2D eigenvalue weighted by Gasteiger charge is -2.11. The van der Waals surface area contributed by atoms with Crippen LogP contribution in [0.4, 0.5) is 0 Å². The number of nitrogens with zero attached hydrogens (tertiary/aromatic N) is 1. The number of fused-ring (bicyclic) bond motifs is 1. The second-order valence-electron chi connectivity index (χ2n) is 8.01. The minimum atomic E-state index is -0.627. The van der Waals surface area contributed by atoms with Crippen LogP contribution in [-0.4, -0.2) is 43.9 Å². The number of hydrogen-bond donors (Lipinski definition) is 0. The number of para-hydroxylation sites is 1. The number of benzene rings is 2. The van der Waals surface area contributed by atoms with Gasteiger partial charge in [-0.2, -0.15) is 0 Å². The number of ether oxygens (including phenoxy) is 5. The predicted molar refractivity (Wildman–Crippen MR) is 129 cm³/mol. The van der Waals surface area contributed by atoms with Crippen molar-refractivity contribution >= 4 is 17.8 Å². The monoisotopic (exact) mass is 477 g/mol. The van der Waals surface area contributed by atoms with E-state index in [2.05, 4.69) is 0 Å². The lowest BCUT2D eigenvalue weighted by molar-refractivity contribution is -0.136. The number of aryl methyl sites for hydroxylation is 1. The molecule has 4 rings (SSSR count). The number of carbonyl (C=O) groups excluding carboxylic acids is 2. The molecule has 35 heavy (non-hydrogen) atoms. The average molecular weight is 478 g/mol. The van der Waals surface area contributed by atoms with Crippen molar-refractivity contribution in [3.63, 3.8) is 0 Å². The van der Waals surface area contributed by atoms with Crippen LogP contribution in [0, 0.1) is 13.8 Å². The van der Waals surface area contributed by atoms with Gasteiger partial charge < -0.3 is 28.3 Å². The first-order valence-electron chi connectivity index (χ1n) is 11.1. The van der Waals surface area contributed by atoms with Gasteiger partial charge >= 0.3 is 5.97 Å². The Morgan fingerprint density at radius 1 is 1.03 bits per heavy atom. The Kier molecular flexibility index (Phi) is 7.10. The van der Waals surface area contributed by atoms with Crippen molar-refractivity contribution in [2.24, 2.45) is 0 Å². The highest BCUT2D eigenvalue weighted by molar-refractivity contribution is 6.00. The lowest BCUT2D eigenvalue weighted by atomic mass is 10.1. The third-order valence-electron chi connectivity index (χ3n) is 5.83. The number of methoxy groups -OCH3 is 2. The molecule has 1 aromatic heterocycles. The van der Waals surface area contributed by atoms with Crippen LogP contribution in [0.25, 0.3) is 6.08 Å². The zero-order valence-corrected chi connectivity index (χ0v) is 20.1. The van der Waals surface area contributed by atoms with E-state index in [9.17, 15) is 9.59 Å². The highest BCUT2D eigenvalue weighted by atomic mass is 16.7. The largest absolute Gasteiger partial charge is 0.493 e. The first kappa shape index (κ1) is 23.9. The summed E-state index contributed by atoms with van der Waals surface area (Å²) in [5.41, 5.74) is 3.94.